The maximum atomic E-state index is 13.4. The monoisotopic (exact) mass is 355 g/mol. The molecule has 0 atom stereocenters. The lowest BCUT2D eigenvalue weighted by Crippen LogP contribution is -2.35. The van der Waals surface area contributed by atoms with Gasteiger partial charge in [0.15, 0.2) is 0 Å². The van der Waals surface area contributed by atoms with E-state index in [4.69, 9.17) is 4.74 Å². The van der Waals surface area contributed by atoms with E-state index in [1.54, 1.807) is 11.8 Å². The maximum Gasteiger partial charge on any atom is 0.262 e. The Balaban J connectivity index is 2.01. The predicted molar refractivity (Wildman–Crippen MR) is 105 cm³/mol. The Hall–Kier alpha value is -1.94. The van der Waals surface area contributed by atoms with Gasteiger partial charge in [0, 0.05) is 17.1 Å². The lowest BCUT2D eigenvalue weighted by Gasteiger charge is -2.30. The van der Waals surface area contributed by atoms with Gasteiger partial charge in [0.1, 0.15) is 5.75 Å². The molecule has 3 nitrogen and oxygen atoms in total. The molecule has 1 aliphatic heterocycles. The fourth-order valence-corrected chi connectivity index (χ4v) is 3.68. The van der Waals surface area contributed by atoms with Crippen molar-refractivity contribution in [1.82, 2.24) is 0 Å². The van der Waals surface area contributed by atoms with Crippen LogP contribution in [-0.2, 0) is 6.42 Å². The molecule has 0 saturated carbocycles. The first-order chi connectivity index (χ1) is 12.0. The van der Waals surface area contributed by atoms with Crippen LogP contribution in [0.1, 0.15) is 41.8 Å². The summed E-state index contributed by atoms with van der Waals surface area (Å²) in [5.74, 6) is 0.688. The van der Waals surface area contributed by atoms with Crippen molar-refractivity contribution in [2.24, 2.45) is 0 Å². The van der Waals surface area contributed by atoms with Gasteiger partial charge in [-0.25, -0.2) is 0 Å². The fourth-order valence-electron chi connectivity index (χ4n) is 3.24. The molecule has 4 heteroatoms. The van der Waals surface area contributed by atoms with Crippen LogP contribution < -0.4 is 9.64 Å². The zero-order valence-corrected chi connectivity index (χ0v) is 16.2. The van der Waals surface area contributed by atoms with E-state index in [1.807, 2.05) is 43.2 Å². The third-order valence-corrected chi connectivity index (χ3v) is 5.10. The number of benzene rings is 2. The Morgan fingerprint density at radius 3 is 2.72 bits per heavy atom. The van der Waals surface area contributed by atoms with E-state index in [1.165, 1.54) is 11.1 Å². The molecule has 2 aromatic rings. The molecule has 0 aromatic heterocycles. The number of aryl methyl sites for hydroxylation is 2. The maximum absolute atomic E-state index is 13.4. The molecular formula is C21H25NO2S. The molecule has 0 unspecified atom stereocenters. The number of hydrogen-bond acceptors (Lipinski definition) is 3. The van der Waals surface area contributed by atoms with E-state index in [9.17, 15) is 4.79 Å². The lowest BCUT2D eigenvalue weighted by atomic mass is 9.98. The summed E-state index contributed by atoms with van der Waals surface area (Å²) in [5.41, 5.74) is 4.18. The van der Waals surface area contributed by atoms with Crippen LogP contribution in [0.15, 0.2) is 41.3 Å². The molecule has 25 heavy (non-hydrogen) atoms. The second kappa shape index (κ2) is 7.52. The number of anilines is 1. The Labute approximate surface area is 154 Å². The summed E-state index contributed by atoms with van der Waals surface area (Å²) in [6, 6.07) is 12.2. The van der Waals surface area contributed by atoms with Crippen LogP contribution in [0, 0.1) is 6.92 Å². The summed E-state index contributed by atoms with van der Waals surface area (Å²) in [6.45, 7) is 6.81. The summed E-state index contributed by atoms with van der Waals surface area (Å²) in [4.78, 5) is 16.3. The van der Waals surface area contributed by atoms with Crippen LogP contribution in [0.4, 0.5) is 5.69 Å². The van der Waals surface area contributed by atoms with Gasteiger partial charge in [-0.2, -0.15) is 0 Å². The molecule has 0 spiro atoms. The molecule has 1 aliphatic rings. The second-order valence-electron chi connectivity index (χ2n) is 6.72. The molecule has 132 valence electrons. The minimum Gasteiger partial charge on any atom is -0.490 e. The van der Waals surface area contributed by atoms with E-state index in [2.05, 4.69) is 25.1 Å². The zero-order valence-electron chi connectivity index (χ0n) is 15.3. The molecule has 0 bridgehead atoms. The van der Waals surface area contributed by atoms with Gasteiger partial charge < -0.3 is 9.64 Å². The van der Waals surface area contributed by atoms with Crippen molar-refractivity contribution >= 4 is 23.4 Å². The van der Waals surface area contributed by atoms with Gasteiger partial charge in [-0.3, -0.25) is 4.79 Å². The quantitative estimate of drug-likeness (QED) is 0.715. The first-order valence-electron chi connectivity index (χ1n) is 8.75. The lowest BCUT2D eigenvalue weighted by molar-refractivity contribution is 0.0979. The van der Waals surface area contributed by atoms with Gasteiger partial charge in [-0.1, -0.05) is 17.7 Å². The highest BCUT2D eigenvalue weighted by molar-refractivity contribution is 7.98. The van der Waals surface area contributed by atoms with Crippen molar-refractivity contribution in [3.63, 3.8) is 0 Å². The first kappa shape index (κ1) is 17.9. The number of hydrogen-bond donors (Lipinski definition) is 0. The van der Waals surface area contributed by atoms with Crippen molar-refractivity contribution < 1.29 is 9.53 Å². The average molecular weight is 356 g/mol. The highest BCUT2D eigenvalue weighted by Crippen LogP contribution is 2.32. The molecule has 0 aliphatic carbocycles. The number of carbonyl (C=O) groups excluding carboxylic acids is 1. The summed E-state index contributed by atoms with van der Waals surface area (Å²) < 4.78 is 5.91. The zero-order chi connectivity index (χ0) is 18.0. The van der Waals surface area contributed by atoms with Gasteiger partial charge in [-0.05, 0) is 69.7 Å². The third-order valence-electron chi connectivity index (χ3n) is 4.38. The normalized spacial score (nSPS) is 13.7. The number of amides is 1. The third kappa shape index (κ3) is 3.84. The van der Waals surface area contributed by atoms with Gasteiger partial charge in [-0.15, -0.1) is 11.8 Å². The molecule has 0 radical (unpaired) electrons. The largest absolute Gasteiger partial charge is 0.490 e. The topological polar surface area (TPSA) is 29.5 Å². The van der Waals surface area contributed by atoms with Gasteiger partial charge in [0.25, 0.3) is 5.91 Å². The van der Waals surface area contributed by atoms with Crippen LogP contribution in [-0.4, -0.2) is 24.8 Å². The Kier molecular flexibility index (Phi) is 5.38. The molecule has 1 heterocycles. The standard InChI is InChI=1S/C21H25NO2S/c1-14(2)24-20-10-8-17(25-4)13-18(20)21(23)22-11-5-6-16-12-15(3)7-9-19(16)22/h7-10,12-14H,5-6,11H2,1-4H3. The molecule has 0 fully saturated rings. The van der Waals surface area contributed by atoms with Crippen molar-refractivity contribution in [1.29, 1.82) is 0 Å². The van der Waals surface area contributed by atoms with Crippen LogP contribution in [0.25, 0.3) is 0 Å². The summed E-state index contributed by atoms with van der Waals surface area (Å²) in [5, 5.41) is 0. The first-order valence-corrected chi connectivity index (χ1v) is 9.98. The van der Waals surface area contributed by atoms with Gasteiger partial charge >= 0.3 is 0 Å². The minimum absolute atomic E-state index is 0.0244. The number of carbonyl (C=O) groups is 1. The number of fused-ring (bicyclic) bond motifs is 1. The summed E-state index contributed by atoms with van der Waals surface area (Å²) in [7, 11) is 0. The Morgan fingerprint density at radius 2 is 2.00 bits per heavy atom. The minimum atomic E-state index is 0.0244. The van der Waals surface area contributed by atoms with Crippen LogP contribution in [0.5, 0.6) is 5.75 Å². The predicted octanol–water partition coefficient (Wildman–Crippen LogP) is 5.10. The highest BCUT2D eigenvalue weighted by atomic mass is 32.2. The van der Waals surface area contributed by atoms with Gasteiger partial charge in [0.05, 0.1) is 11.7 Å². The van der Waals surface area contributed by atoms with E-state index in [0.29, 0.717) is 11.3 Å². The van der Waals surface area contributed by atoms with E-state index < -0.39 is 0 Å². The molecule has 1 amide bonds. The van der Waals surface area contributed by atoms with E-state index >= 15 is 0 Å². The fraction of sp³-hybridized carbons (Fsp3) is 0.381. The number of ether oxygens (including phenoxy) is 1. The molecule has 2 aromatic carbocycles. The molecule has 3 rings (SSSR count). The Bertz CT molecular complexity index is 785. The summed E-state index contributed by atoms with van der Waals surface area (Å²) >= 11 is 1.64. The molecular weight excluding hydrogens is 330 g/mol. The van der Waals surface area contributed by atoms with E-state index in [-0.39, 0.29) is 12.0 Å². The number of rotatable bonds is 4. The van der Waals surface area contributed by atoms with Crippen molar-refractivity contribution in [2.75, 3.05) is 17.7 Å². The average Bonchev–Trinajstić information content (AvgIpc) is 2.60. The summed E-state index contributed by atoms with van der Waals surface area (Å²) in [6.07, 6.45) is 4.07. The van der Waals surface area contributed by atoms with Crippen molar-refractivity contribution in [3.8, 4) is 5.75 Å². The number of nitrogens with zero attached hydrogens (tertiary/aromatic N) is 1. The molecule has 0 N–H and O–H groups in total. The van der Waals surface area contributed by atoms with Crippen molar-refractivity contribution in [3.05, 3.63) is 53.1 Å². The smallest absolute Gasteiger partial charge is 0.262 e. The highest BCUT2D eigenvalue weighted by Gasteiger charge is 2.26. The molecule has 0 saturated heterocycles. The van der Waals surface area contributed by atoms with Crippen LogP contribution in [0.3, 0.4) is 0 Å². The van der Waals surface area contributed by atoms with Crippen molar-refractivity contribution in [2.45, 2.75) is 44.6 Å². The second-order valence-corrected chi connectivity index (χ2v) is 7.60. The number of thioether (sulfide) groups is 1. The van der Waals surface area contributed by atoms with E-state index in [0.717, 1.165) is 30.0 Å². The van der Waals surface area contributed by atoms with Crippen LogP contribution >= 0.6 is 11.8 Å². The Morgan fingerprint density at radius 1 is 1.20 bits per heavy atom. The van der Waals surface area contributed by atoms with Gasteiger partial charge in [0.2, 0.25) is 0 Å². The van der Waals surface area contributed by atoms with Crippen LogP contribution in [0.2, 0.25) is 0 Å². The SMILES string of the molecule is CSc1ccc(OC(C)C)c(C(=O)N2CCCc3cc(C)ccc32)c1.